The zero-order valence-corrected chi connectivity index (χ0v) is 27.9. The summed E-state index contributed by atoms with van der Waals surface area (Å²) in [4.78, 5) is 52.7. The van der Waals surface area contributed by atoms with Crippen molar-refractivity contribution >= 4 is 23.4 Å². The highest BCUT2D eigenvalue weighted by Crippen LogP contribution is 2.57. The number of aromatic hydroxyl groups is 3. The molecule has 16 nitrogen and oxygen atoms in total. The minimum atomic E-state index is -1.80. The van der Waals surface area contributed by atoms with E-state index in [9.17, 15) is 54.9 Å². The van der Waals surface area contributed by atoms with Gasteiger partial charge in [0.1, 0.15) is 53.5 Å². The number of carbonyl (C=O) groups is 4. The third-order valence-electron chi connectivity index (χ3n) is 9.70. The second-order valence-electron chi connectivity index (χ2n) is 12.8. The third-order valence-corrected chi connectivity index (χ3v) is 9.70. The molecule has 1 fully saturated rings. The number of aryl methyl sites for hydroxylation is 1. The molecule has 0 saturated carbocycles. The number of carbonyl (C=O) groups excluding carboxylic acids is 3. The predicted molar refractivity (Wildman–Crippen MR) is 174 cm³/mol. The molecule has 3 aromatic rings. The number of aliphatic carboxylic acids is 1. The Morgan fingerprint density at radius 3 is 2.14 bits per heavy atom. The quantitative estimate of drug-likeness (QED) is 0.129. The maximum absolute atomic E-state index is 13.9. The summed E-state index contributed by atoms with van der Waals surface area (Å²) < 4.78 is 17.1. The monoisotopic (exact) mass is 708 g/mol. The molecule has 3 aliphatic rings. The normalized spacial score (nSPS) is 25.6. The largest absolute Gasteiger partial charge is 0.507 e. The Hall–Kier alpha value is -5.10. The summed E-state index contributed by atoms with van der Waals surface area (Å²) in [6.07, 6.45) is -8.68. The molecule has 3 aromatic carbocycles. The number of benzene rings is 3. The van der Waals surface area contributed by atoms with Gasteiger partial charge in [0.15, 0.2) is 17.9 Å². The standard InChI is InChI=1S/C35H36N2O14/c1-10-6-17-22(28(42)19(10)33(46)37-11(2)34(47)48)21-15(27(41)32(17)51-35-31(45)30(44)24(36-4)12(3)50-35)9-16-23(29(21)43)26(40)14-7-13(49-5)8-18(38)20(14)25(16)39/h6-9,11-12,24,27,30-32,35-36,38,41-45H,1-5H3,(H,37,46)(H,47,48)/t11?,12?,24?,27-,30?,31?,32-,35?/m0/s1. The number of hydrogen-bond acceptors (Lipinski definition) is 14. The molecule has 0 bridgehead atoms. The molecule has 6 rings (SSSR count). The first-order chi connectivity index (χ1) is 24.0. The number of phenolic OH excluding ortho intramolecular Hbond substituents is 3. The highest BCUT2D eigenvalue weighted by molar-refractivity contribution is 6.31. The number of ketones is 2. The highest BCUT2D eigenvalue weighted by Gasteiger charge is 2.48. The van der Waals surface area contributed by atoms with Crippen LogP contribution in [0.4, 0.5) is 0 Å². The molecular formula is C35H36N2O14. The highest BCUT2D eigenvalue weighted by atomic mass is 16.7. The number of carboxylic acid groups (broad SMARTS) is 1. The zero-order chi connectivity index (χ0) is 37.4. The van der Waals surface area contributed by atoms with Gasteiger partial charge < -0.3 is 60.6 Å². The van der Waals surface area contributed by atoms with E-state index in [4.69, 9.17) is 14.2 Å². The van der Waals surface area contributed by atoms with E-state index in [1.807, 2.05) is 0 Å². The Kier molecular flexibility index (Phi) is 9.03. The summed E-state index contributed by atoms with van der Waals surface area (Å²) in [6, 6.07) is 2.69. The number of carboxylic acids is 1. The van der Waals surface area contributed by atoms with Crippen molar-refractivity contribution in [2.75, 3.05) is 14.2 Å². The molecule has 1 aliphatic heterocycles. The van der Waals surface area contributed by atoms with Crippen LogP contribution in [0.25, 0.3) is 11.1 Å². The molecule has 9 N–H and O–H groups in total. The van der Waals surface area contributed by atoms with Crippen LogP contribution < -0.4 is 15.4 Å². The van der Waals surface area contributed by atoms with Gasteiger partial charge in [-0.25, -0.2) is 0 Å². The van der Waals surface area contributed by atoms with E-state index in [2.05, 4.69) is 10.6 Å². The van der Waals surface area contributed by atoms with E-state index in [1.165, 1.54) is 33.1 Å². The van der Waals surface area contributed by atoms with Crippen LogP contribution in [0.3, 0.4) is 0 Å². The number of rotatable bonds is 7. The first-order valence-corrected chi connectivity index (χ1v) is 15.9. The lowest BCUT2D eigenvalue weighted by molar-refractivity contribution is -0.295. The fraction of sp³-hybridized carbons (Fsp3) is 0.371. The molecule has 270 valence electrons. The zero-order valence-electron chi connectivity index (χ0n) is 27.9. The van der Waals surface area contributed by atoms with Gasteiger partial charge in [0.25, 0.3) is 5.91 Å². The number of ether oxygens (including phenoxy) is 3. The van der Waals surface area contributed by atoms with Crippen molar-refractivity contribution in [3.8, 4) is 34.1 Å². The van der Waals surface area contributed by atoms with Crippen LogP contribution in [-0.4, -0.2) is 110 Å². The van der Waals surface area contributed by atoms with Crippen molar-refractivity contribution in [3.63, 3.8) is 0 Å². The first-order valence-electron chi connectivity index (χ1n) is 15.9. The Morgan fingerprint density at radius 1 is 0.882 bits per heavy atom. The van der Waals surface area contributed by atoms with Gasteiger partial charge in [-0.15, -0.1) is 0 Å². The predicted octanol–water partition coefficient (Wildman–Crippen LogP) is 0.925. The molecule has 1 saturated heterocycles. The fourth-order valence-electron chi connectivity index (χ4n) is 7.10. The maximum Gasteiger partial charge on any atom is 0.325 e. The second-order valence-corrected chi connectivity index (χ2v) is 12.8. The second kappa shape index (κ2) is 12.9. The lowest BCUT2D eigenvalue weighted by Gasteiger charge is -2.44. The van der Waals surface area contributed by atoms with Crippen molar-refractivity contribution in [3.05, 3.63) is 68.8 Å². The lowest BCUT2D eigenvalue weighted by Crippen LogP contribution is -2.61. The molecule has 51 heavy (non-hydrogen) atoms. The summed E-state index contributed by atoms with van der Waals surface area (Å²) in [5, 5.41) is 82.5. The van der Waals surface area contributed by atoms with Gasteiger partial charge in [0.2, 0.25) is 0 Å². The molecule has 2 aliphatic carbocycles. The van der Waals surface area contributed by atoms with Gasteiger partial charge in [0, 0.05) is 28.3 Å². The summed E-state index contributed by atoms with van der Waals surface area (Å²) in [5.74, 6) is -6.33. The minimum absolute atomic E-state index is 0.0426. The van der Waals surface area contributed by atoms with Crippen LogP contribution in [0.2, 0.25) is 0 Å². The average molecular weight is 709 g/mol. The van der Waals surface area contributed by atoms with Crippen LogP contribution in [0.5, 0.6) is 23.0 Å². The van der Waals surface area contributed by atoms with Crippen molar-refractivity contribution in [1.82, 2.24) is 10.6 Å². The molecule has 1 heterocycles. The number of fused-ring (bicyclic) bond motifs is 5. The number of aliphatic hydroxyl groups excluding tert-OH is 3. The molecule has 8 atom stereocenters. The van der Waals surface area contributed by atoms with Gasteiger partial charge in [-0.05, 0) is 56.6 Å². The Balaban J connectivity index is 1.58. The van der Waals surface area contributed by atoms with Crippen LogP contribution in [0.1, 0.15) is 84.9 Å². The number of nitrogens with one attached hydrogen (secondary N) is 2. The summed E-state index contributed by atoms with van der Waals surface area (Å²) in [5.41, 5.74) is -2.88. The number of hydrogen-bond donors (Lipinski definition) is 9. The molecule has 0 spiro atoms. The molecule has 0 radical (unpaired) electrons. The van der Waals surface area contributed by atoms with E-state index < -0.39 is 106 Å². The fourth-order valence-corrected chi connectivity index (χ4v) is 7.10. The van der Waals surface area contributed by atoms with Crippen LogP contribution >= 0.6 is 0 Å². The maximum atomic E-state index is 13.9. The van der Waals surface area contributed by atoms with Gasteiger partial charge in [-0.3, -0.25) is 19.2 Å². The number of methoxy groups -OCH3 is 1. The van der Waals surface area contributed by atoms with E-state index in [1.54, 1.807) is 14.0 Å². The van der Waals surface area contributed by atoms with Crippen molar-refractivity contribution in [2.45, 2.75) is 69.7 Å². The SMILES string of the molecule is CNC1C(C)OC(O[C@H]2c3cc(C)c(C(=O)NC(C)C(=O)O)c(O)c3-c3c(cc4c(c3O)C(=O)c3cc(OC)cc(O)c3C4=O)[C@@H]2O)C(O)C1O. The van der Waals surface area contributed by atoms with Gasteiger partial charge in [0.05, 0.1) is 35.9 Å². The first kappa shape index (κ1) is 35.7. The van der Waals surface area contributed by atoms with Crippen molar-refractivity contribution in [1.29, 1.82) is 0 Å². The molecule has 0 aromatic heterocycles. The summed E-state index contributed by atoms with van der Waals surface area (Å²) in [7, 11) is 2.84. The lowest BCUT2D eigenvalue weighted by atomic mass is 9.74. The summed E-state index contributed by atoms with van der Waals surface area (Å²) >= 11 is 0. The van der Waals surface area contributed by atoms with Crippen molar-refractivity contribution < 1.29 is 69.1 Å². The number of phenols is 3. The number of amides is 1. The molecule has 6 unspecified atom stereocenters. The Bertz CT molecular complexity index is 2010. The summed E-state index contributed by atoms with van der Waals surface area (Å²) in [6.45, 7) is 4.23. The van der Waals surface area contributed by atoms with Gasteiger partial charge in [-0.1, -0.05) is 6.07 Å². The van der Waals surface area contributed by atoms with Gasteiger partial charge >= 0.3 is 5.97 Å². The molecule has 1 amide bonds. The smallest absolute Gasteiger partial charge is 0.325 e. The van der Waals surface area contributed by atoms with Crippen LogP contribution in [0.15, 0.2) is 24.3 Å². The van der Waals surface area contributed by atoms with Crippen LogP contribution in [0, 0.1) is 6.92 Å². The third kappa shape index (κ3) is 5.47. The Labute approximate surface area is 289 Å². The van der Waals surface area contributed by atoms with Gasteiger partial charge in [-0.2, -0.15) is 0 Å². The van der Waals surface area contributed by atoms with E-state index in [0.717, 1.165) is 12.1 Å². The van der Waals surface area contributed by atoms with Crippen molar-refractivity contribution in [2.24, 2.45) is 0 Å². The van der Waals surface area contributed by atoms with E-state index in [-0.39, 0.29) is 44.7 Å². The Morgan fingerprint density at radius 2 is 1.51 bits per heavy atom. The number of aliphatic hydroxyl groups is 3. The van der Waals surface area contributed by atoms with E-state index in [0.29, 0.717) is 0 Å². The van der Waals surface area contributed by atoms with E-state index >= 15 is 0 Å². The molecule has 16 heteroatoms. The average Bonchev–Trinajstić information content (AvgIpc) is 3.07. The topological polar surface area (TPSA) is 262 Å². The minimum Gasteiger partial charge on any atom is -0.507 e. The number of likely N-dealkylation sites (N-methyl/N-ethyl adjacent to an activating group) is 1. The molecular weight excluding hydrogens is 672 g/mol. The van der Waals surface area contributed by atoms with Crippen LogP contribution in [-0.2, 0) is 14.3 Å².